The fourth-order valence-electron chi connectivity index (χ4n) is 4.74. The average Bonchev–Trinajstić information content (AvgIpc) is 3.08. The van der Waals surface area contributed by atoms with Crippen LogP contribution < -0.4 is 10.9 Å². The van der Waals surface area contributed by atoms with E-state index in [9.17, 15) is 9.59 Å². The van der Waals surface area contributed by atoms with Crippen molar-refractivity contribution in [3.63, 3.8) is 0 Å². The van der Waals surface area contributed by atoms with Crippen molar-refractivity contribution < 1.29 is 4.79 Å². The van der Waals surface area contributed by atoms with Gasteiger partial charge in [0.2, 0.25) is 0 Å². The summed E-state index contributed by atoms with van der Waals surface area (Å²) in [6.07, 6.45) is 6.43. The molecule has 2 bridgehead atoms. The SMILES string of the molecule is CC1(C)C2CCC1(C)C(NC(=O)c1c[nH]n3c(=O)ccnc13)C2. The highest BCUT2D eigenvalue weighted by Gasteiger charge is 2.61. The van der Waals surface area contributed by atoms with Gasteiger partial charge in [-0.2, -0.15) is 0 Å². The largest absolute Gasteiger partial charge is 0.349 e. The van der Waals surface area contributed by atoms with E-state index in [0.29, 0.717) is 17.1 Å². The molecule has 0 saturated heterocycles. The first-order valence-corrected chi connectivity index (χ1v) is 8.20. The lowest BCUT2D eigenvalue weighted by atomic mass is 9.69. The van der Waals surface area contributed by atoms with Crippen molar-refractivity contribution in [2.24, 2.45) is 16.7 Å². The second-order valence-electron chi connectivity index (χ2n) is 7.77. The smallest absolute Gasteiger partial charge is 0.272 e. The molecule has 2 fully saturated rings. The molecule has 0 spiro atoms. The summed E-state index contributed by atoms with van der Waals surface area (Å²) in [6.45, 7) is 6.94. The predicted octanol–water partition coefficient (Wildman–Crippen LogP) is 1.97. The third-order valence-corrected chi connectivity index (χ3v) is 6.77. The van der Waals surface area contributed by atoms with Crippen LogP contribution in [0.15, 0.2) is 23.3 Å². The number of nitrogens with zero attached hydrogens (tertiary/aromatic N) is 2. The average molecular weight is 314 g/mol. The van der Waals surface area contributed by atoms with Gasteiger partial charge < -0.3 is 5.32 Å². The predicted molar refractivity (Wildman–Crippen MR) is 86.3 cm³/mol. The molecule has 2 aromatic heterocycles. The van der Waals surface area contributed by atoms with E-state index in [2.05, 4.69) is 36.2 Å². The number of rotatable bonds is 2. The summed E-state index contributed by atoms with van der Waals surface area (Å²) in [6, 6.07) is 1.54. The number of amides is 1. The van der Waals surface area contributed by atoms with Gasteiger partial charge in [0.1, 0.15) is 5.56 Å². The third kappa shape index (κ3) is 1.77. The summed E-state index contributed by atoms with van der Waals surface area (Å²) in [4.78, 5) is 28.7. The van der Waals surface area contributed by atoms with Gasteiger partial charge in [-0.15, -0.1) is 0 Å². The first kappa shape index (κ1) is 14.5. The van der Waals surface area contributed by atoms with Crippen molar-refractivity contribution in [2.75, 3.05) is 0 Å². The zero-order valence-electron chi connectivity index (χ0n) is 13.7. The molecular formula is C17H22N4O2. The molecule has 0 aliphatic heterocycles. The van der Waals surface area contributed by atoms with E-state index in [0.717, 1.165) is 12.8 Å². The molecule has 2 heterocycles. The van der Waals surface area contributed by atoms with Gasteiger partial charge in [-0.3, -0.25) is 14.7 Å². The van der Waals surface area contributed by atoms with E-state index < -0.39 is 0 Å². The fraction of sp³-hybridized carbons (Fsp3) is 0.588. The maximum Gasteiger partial charge on any atom is 0.272 e. The summed E-state index contributed by atoms with van der Waals surface area (Å²) >= 11 is 0. The Labute approximate surface area is 134 Å². The van der Waals surface area contributed by atoms with Crippen LogP contribution in [0.4, 0.5) is 0 Å². The van der Waals surface area contributed by atoms with Crippen molar-refractivity contribution in [1.82, 2.24) is 19.9 Å². The molecule has 2 saturated carbocycles. The van der Waals surface area contributed by atoms with Gasteiger partial charge in [0.05, 0.1) is 0 Å². The second-order valence-corrected chi connectivity index (χ2v) is 7.77. The third-order valence-electron chi connectivity index (χ3n) is 6.77. The van der Waals surface area contributed by atoms with E-state index in [1.165, 1.54) is 23.2 Å². The number of aromatic nitrogens is 3. The van der Waals surface area contributed by atoms with E-state index in [4.69, 9.17) is 0 Å². The lowest BCUT2D eigenvalue weighted by Gasteiger charge is -2.39. The quantitative estimate of drug-likeness (QED) is 0.889. The number of carbonyl (C=O) groups excluding carboxylic acids is 1. The second kappa shape index (κ2) is 4.46. The molecule has 4 rings (SSSR count). The Bertz CT molecular complexity index is 850. The van der Waals surface area contributed by atoms with Crippen LogP contribution in [0, 0.1) is 16.7 Å². The van der Waals surface area contributed by atoms with Crippen LogP contribution >= 0.6 is 0 Å². The standard InChI is InChI=1S/C17H22N4O2/c1-16(2)10-4-6-17(16,3)12(8-10)20-15(23)11-9-19-21-13(22)5-7-18-14(11)21/h5,7,9-10,12,19H,4,6,8H2,1-3H3,(H,20,23). The molecule has 2 N–H and O–H groups in total. The van der Waals surface area contributed by atoms with Crippen LogP contribution in [0.1, 0.15) is 50.4 Å². The topological polar surface area (TPSA) is 79.3 Å². The van der Waals surface area contributed by atoms with Crippen LogP contribution in [-0.2, 0) is 0 Å². The van der Waals surface area contributed by atoms with Crippen molar-refractivity contribution >= 4 is 11.6 Å². The van der Waals surface area contributed by atoms with Crippen LogP contribution in [0.5, 0.6) is 0 Å². The minimum Gasteiger partial charge on any atom is -0.349 e. The highest BCUT2D eigenvalue weighted by Crippen LogP contribution is 2.65. The zero-order valence-corrected chi connectivity index (χ0v) is 13.7. The van der Waals surface area contributed by atoms with Crippen LogP contribution in [0.3, 0.4) is 0 Å². The van der Waals surface area contributed by atoms with Crippen molar-refractivity contribution in [2.45, 2.75) is 46.1 Å². The molecule has 2 aliphatic rings. The van der Waals surface area contributed by atoms with Gasteiger partial charge in [0, 0.05) is 24.5 Å². The Balaban J connectivity index is 1.64. The van der Waals surface area contributed by atoms with Gasteiger partial charge in [-0.25, -0.2) is 9.50 Å². The van der Waals surface area contributed by atoms with Crippen molar-refractivity contribution in [3.8, 4) is 0 Å². The normalized spacial score (nSPS) is 31.6. The number of hydrogen-bond donors (Lipinski definition) is 2. The number of nitrogens with one attached hydrogen (secondary N) is 2. The minimum atomic E-state index is -0.220. The monoisotopic (exact) mass is 314 g/mol. The Morgan fingerprint density at radius 1 is 1.43 bits per heavy atom. The first-order chi connectivity index (χ1) is 10.8. The molecular weight excluding hydrogens is 292 g/mol. The molecule has 2 aromatic rings. The molecule has 3 unspecified atom stereocenters. The molecule has 6 nitrogen and oxygen atoms in total. The number of H-pyrrole nitrogens is 1. The molecule has 3 atom stereocenters. The first-order valence-electron chi connectivity index (χ1n) is 8.20. The molecule has 1 amide bonds. The van der Waals surface area contributed by atoms with Gasteiger partial charge in [-0.05, 0) is 36.0 Å². The van der Waals surface area contributed by atoms with Crippen LogP contribution in [0.25, 0.3) is 5.65 Å². The maximum atomic E-state index is 12.7. The van der Waals surface area contributed by atoms with E-state index in [-0.39, 0.29) is 28.3 Å². The Kier molecular flexibility index (Phi) is 2.81. The highest BCUT2D eigenvalue weighted by molar-refractivity contribution is 5.99. The lowest BCUT2D eigenvalue weighted by Crippen LogP contribution is -2.46. The molecule has 0 aromatic carbocycles. The lowest BCUT2D eigenvalue weighted by molar-refractivity contribution is 0.0827. The van der Waals surface area contributed by atoms with Gasteiger partial charge >= 0.3 is 0 Å². The van der Waals surface area contributed by atoms with Crippen LogP contribution in [-0.4, -0.2) is 26.5 Å². The van der Waals surface area contributed by atoms with Crippen LogP contribution in [0.2, 0.25) is 0 Å². The van der Waals surface area contributed by atoms with E-state index >= 15 is 0 Å². The van der Waals surface area contributed by atoms with E-state index in [1.54, 1.807) is 6.20 Å². The summed E-state index contributed by atoms with van der Waals surface area (Å²) in [7, 11) is 0. The summed E-state index contributed by atoms with van der Waals surface area (Å²) < 4.78 is 1.29. The van der Waals surface area contributed by atoms with Gasteiger partial charge in [0.15, 0.2) is 5.65 Å². The molecule has 23 heavy (non-hydrogen) atoms. The van der Waals surface area contributed by atoms with Crippen molar-refractivity contribution in [3.05, 3.63) is 34.4 Å². The minimum absolute atomic E-state index is 0.129. The van der Waals surface area contributed by atoms with Gasteiger partial charge in [0.25, 0.3) is 11.5 Å². The zero-order chi connectivity index (χ0) is 16.4. The van der Waals surface area contributed by atoms with Gasteiger partial charge in [-0.1, -0.05) is 20.8 Å². The molecule has 2 aliphatic carbocycles. The summed E-state index contributed by atoms with van der Waals surface area (Å²) in [5.41, 5.74) is 0.959. The fourth-order valence-corrected chi connectivity index (χ4v) is 4.74. The Morgan fingerprint density at radius 2 is 2.22 bits per heavy atom. The number of carbonyl (C=O) groups is 1. The van der Waals surface area contributed by atoms with Crippen molar-refractivity contribution in [1.29, 1.82) is 0 Å². The maximum absolute atomic E-state index is 12.7. The number of aromatic amines is 1. The number of hydrogen-bond acceptors (Lipinski definition) is 3. The highest BCUT2D eigenvalue weighted by atomic mass is 16.2. The van der Waals surface area contributed by atoms with E-state index in [1.807, 2.05) is 0 Å². The number of fused-ring (bicyclic) bond motifs is 3. The molecule has 6 heteroatoms. The Morgan fingerprint density at radius 3 is 2.87 bits per heavy atom. The molecule has 0 radical (unpaired) electrons. The Hall–Kier alpha value is -2.11. The summed E-state index contributed by atoms with van der Waals surface area (Å²) in [5.74, 6) is 0.512. The molecule has 122 valence electrons. The summed E-state index contributed by atoms with van der Waals surface area (Å²) in [5, 5.41) is 6.01.